The molecule has 140 valence electrons. The van der Waals surface area contributed by atoms with Crippen molar-refractivity contribution in [2.45, 2.75) is 20.4 Å². The molecule has 2 aromatic rings. The Morgan fingerprint density at radius 1 is 0.963 bits per heavy atom. The molecule has 4 nitrogen and oxygen atoms in total. The highest BCUT2D eigenvalue weighted by molar-refractivity contribution is 6.55. The molecule has 3 rings (SSSR count). The summed E-state index contributed by atoms with van der Waals surface area (Å²) in [4.78, 5) is 26.5. The van der Waals surface area contributed by atoms with Crippen molar-refractivity contribution in [1.29, 1.82) is 0 Å². The third kappa shape index (κ3) is 4.18. The average Bonchev–Trinajstić information content (AvgIpc) is 2.86. The Balaban J connectivity index is 1.81. The molecule has 0 N–H and O–H groups in total. The number of imide groups is 1. The van der Waals surface area contributed by atoms with Gasteiger partial charge < -0.3 is 4.74 Å². The summed E-state index contributed by atoms with van der Waals surface area (Å²) in [6.07, 6.45) is 0. The molecule has 0 saturated carbocycles. The highest BCUT2D eigenvalue weighted by Gasteiger charge is 2.38. The summed E-state index contributed by atoms with van der Waals surface area (Å²) < 4.78 is 5.65. The first-order valence-corrected chi connectivity index (χ1v) is 9.36. The second-order valence-electron chi connectivity index (χ2n) is 6.71. The maximum atomic E-state index is 12.8. The fourth-order valence-electron chi connectivity index (χ4n) is 2.72. The largest absolute Gasteiger partial charge is 0.493 e. The van der Waals surface area contributed by atoms with Gasteiger partial charge >= 0.3 is 0 Å². The predicted molar refractivity (Wildman–Crippen MR) is 107 cm³/mol. The van der Waals surface area contributed by atoms with E-state index < -0.39 is 11.8 Å². The number of hydrogen-bond acceptors (Lipinski definition) is 3. The minimum atomic E-state index is -0.517. The van der Waals surface area contributed by atoms with Crippen LogP contribution in [-0.4, -0.2) is 23.3 Å². The van der Waals surface area contributed by atoms with Crippen molar-refractivity contribution in [1.82, 2.24) is 4.90 Å². The van der Waals surface area contributed by atoms with E-state index in [9.17, 15) is 9.59 Å². The number of nitrogens with zero attached hydrogens (tertiary/aromatic N) is 1. The molecule has 0 fully saturated rings. The summed E-state index contributed by atoms with van der Waals surface area (Å²) in [7, 11) is 0. The summed E-state index contributed by atoms with van der Waals surface area (Å²) in [5.74, 6) is 0.167. The molecule has 0 atom stereocenters. The quantitative estimate of drug-likeness (QED) is 0.644. The molecular weight excluding hydrogens is 385 g/mol. The van der Waals surface area contributed by atoms with Crippen molar-refractivity contribution in [2.75, 3.05) is 6.61 Å². The van der Waals surface area contributed by atoms with Crippen LogP contribution in [0.15, 0.2) is 53.6 Å². The van der Waals surface area contributed by atoms with Crippen LogP contribution in [0, 0.1) is 5.92 Å². The molecule has 6 heteroatoms. The number of carbonyl (C=O) groups excluding carboxylic acids is 2. The Bertz CT molecular complexity index is 904. The van der Waals surface area contributed by atoms with E-state index in [-0.39, 0.29) is 17.2 Å². The maximum Gasteiger partial charge on any atom is 0.273 e. The molecule has 0 radical (unpaired) electrons. The number of amides is 2. The molecular formula is C21H19Cl2NO3. The molecule has 1 heterocycles. The van der Waals surface area contributed by atoms with Gasteiger partial charge in [-0.05, 0) is 35.2 Å². The normalized spacial score (nSPS) is 14.5. The van der Waals surface area contributed by atoms with E-state index in [1.54, 1.807) is 48.5 Å². The first kappa shape index (κ1) is 19.5. The van der Waals surface area contributed by atoms with Gasteiger partial charge in [0.15, 0.2) is 0 Å². The Morgan fingerprint density at radius 3 is 2.26 bits per heavy atom. The van der Waals surface area contributed by atoms with Gasteiger partial charge in [0.05, 0.1) is 18.7 Å². The van der Waals surface area contributed by atoms with E-state index in [1.165, 1.54) is 0 Å². The van der Waals surface area contributed by atoms with Crippen LogP contribution in [0.3, 0.4) is 0 Å². The van der Waals surface area contributed by atoms with Crippen LogP contribution in [0.25, 0.3) is 5.57 Å². The third-order valence-corrected chi connectivity index (χ3v) is 4.84. The Hall–Kier alpha value is -2.30. The van der Waals surface area contributed by atoms with E-state index in [0.29, 0.717) is 34.4 Å². The van der Waals surface area contributed by atoms with Gasteiger partial charge in [-0.2, -0.15) is 0 Å². The summed E-state index contributed by atoms with van der Waals surface area (Å²) in [5, 5.41) is 0.414. The Labute approximate surface area is 168 Å². The first-order chi connectivity index (χ1) is 12.9. The lowest BCUT2D eigenvalue weighted by Gasteiger charge is -2.16. The second kappa shape index (κ2) is 8.15. The Morgan fingerprint density at radius 2 is 1.63 bits per heavy atom. The van der Waals surface area contributed by atoms with Crippen LogP contribution in [0.2, 0.25) is 5.02 Å². The van der Waals surface area contributed by atoms with Gasteiger partial charge in [-0.1, -0.05) is 67.4 Å². The lowest BCUT2D eigenvalue weighted by molar-refractivity contribution is -0.137. The van der Waals surface area contributed by atoms with Gasteiger partial charge in [-0.15, -0.1) is 0 Å². The van der Waals surface area contributed by atoms with Crippen molar-refractivity contribution in [2.24, 2.45) is 5.92 Å². The number of rotatable bonds is 6. The molecule has 0 aliphatic carbocycles. The van der Waals surface area contributed by atoms with Crippen LogP contribution in [0.4, 0.5) is 0 Å². The highest BCUT2D eigenvalue weighted by atomic mass is 35.5. The zero-order chi connectivity index (χ0) is 19.6. The van der Waals surface area contributed by atoms with Crippen molar-refractivity contribution < 1.29 is 14.3 Å². The van der Waals surface area contributed by atoms with Gasteiger partial charge in [0.25, 0.3) is 11.8 Å². The molecule has 2 aromatic carbocycles. The zero-order valence-corrected chi connectivity index (χ0v) is 16.6. The molecule has 0 unspecified atom stereocenters. The molecule has 0 aromatic heterocycles. The standard InChI is InChI=1S/C21H19Cl2NO3/c1-13(2)12-27-16-9-7-14(8-10-16)18-19(23)21(26)24(20(18)25)11-15-5-3-4-6-17(15)22/h3-10,13H,11-12H2,1-2H3. The van der Waals surface area contributed by atoms with Gasteiger partial charge in [-0.3, -0.25) is 14.5 Å². The van der Waals surface area contributed by atoms with Crippen LogP contribution < -0.4 is 4.74 Å². The number of benzene rings is 2. The molecule has 1 aliphatic heterocycles. The van der Waals surface area contributed by atoms with E-state index in [1.807, 2.05) is 0 Å². The van der Waals surface area contributed by atoms with Crippen molar-refractivity contribution in [3.8, 4) is 5.75 Å². The van der Waals surface area contributed by atoms with Gasteiger partial charge in [0.2, 0.25) is 0 Å². The lowest BCUT2D eigenvalue weighted by atomic mass is 10.1. The smallest absolute Gasteiger partial charge is 0.273 e. The van der Waals surface area contributed by atoms with Crippen LogP contribution in [0.5, 0.6) is 5.75 Å². The summed E-state index contributed by atoms with van der Waals surface area (Å²) in [6, 6.07) is 14.1. The van der Waals surface area contributed by atoms with Crippen LogP contribution >= 0.6 is 23.2 Å². The predicted octanol–water partition coefficient (Wildman–Crippen LogP) is 4.89. The average molecular weight is 404 g/mol. The molecule has 0 spiro atoms. The number of hydrogen-bond donors (Lipinski definition) is 0. The summed E-state index contributed by atoms with van der Waals surface area (Å²) >= 11 is 12.4. The molecule has 0 bridgehead atoms. The van der Waals surface area contributed by atoms with Crippen molar-refractivity contribution in [3.05, 3.63) is 69.7 Å². The highest BCUT2D eigenvalue weighted by Crippen LogP contribution is 2.34. The second-order valence-corrected chi connectivity index (χ2v) is 7.49. The SMILES string of the molecule is CC(C)COc1ccc(C2=C(Cl)C(=O)N(Cc3ccccc3Cl)C2=O)cc1. The number of halogens is 2. The fraction of sp³-hybridized carbons (Fsp3) is 0.238. The third-order valence-electron chi connectivity index (χ3n) is 4.12. The van der Waals surface area contributed by atoms with E-state index in [4.69, 9.17) is 27.9 Å². The minimum Gasteiger partial charge on any atom is -0.493 e. The van der Waals surface area contributed by atoms with Crippen molar-refractivity contribution in [3.63, 3.8) is 0 Å². The number of carbonyl (C=O) groups is 2. The molecule has 2 amide bonds. The van der Waals surface area contributed by atoms with Crippen molar-refractivity contribution >= 4 is 40.6 Å². The molecule has 27 heavy (non-hydrogen) atoms. The topological polar surface area (TPSA) is 46.6 Å². The van der Waals surface area contributed by atoms with Gasteiger partial charge in [-0.25, -0.2) is 0 Å². The zero-order valence-electron chi connectivity index (χ0n) is 15.0. The molecule has 0 saturated heterocycles. The lowest BCUT2D eigenvalue weighted by Crippen LogP contribution is -2.30. The van der Waals surface area contributed by atoms with Gasteiger partial charge in [0.1, 0.15) is 10.8 Å². The first-order valence-electron chi connectivity index (χ1n) is 8.61. The minimum absolute atomic E-state index is 0.0760. The maximum absolute atomic E-state index is 12.8. The summed E-state index contributed by atoms with van der Waals surface area (Å²) in [5.41, 5.74) is 1.46. The van der Waals surface area contributed by atoms with Gasteiger partial charge in [0, 0.05) is 5.02 Å². The van der Waals surface area contributed by atoms with Crippen LogP contribution in [0.1, 0.15) is 25.0 Å². The Kier molecular flexibility index (Phi) is 5.88. The fourth-order valence-corrected chi connectivity index (χ4v) is 3.21. The monoisotopic (exact) mass is 403 g/mol. The molecule has 1 aliphatic rings. The summed E-state index contributed by atoms with van der Waals surface area (Å²) in [6.45, 7) is 4.81. The number of ether oxygens (including phenoxy) is 1. The van der Waals surface area contributed by atoms with E-state index in [2.05, 4.69) is 13.8 Å². The van der Waals surface area contributed by atoms with E-state index >= 15 is 0 Å². The van der Waals surface area contributed by atoms with E-state index in [0.717, 1.165) is 4.90 Å². The van der Waals surface area contributed by atoms with Crippen LogP contribution in [-0.2, 0) is 16.1 Å².